The van der Waals surface area contributed by atoms with E-state index < -0.39 is 20.0 Å². The van der Waals surface area contributed by atoms with E-state index in [4.69, 9.17) is 16.7 Å². The van der Waals surface area contributed by atoms with E-state index in [0.717, 1.165) is 16.4 Å². The van der Waals surface area contributed by atoms with Gasteiger partial charge < -0.3 is 9.97 Å². The van der Waals surface area contributed by atoms with Gasteiger partial charge in [0.15, 0.2) is 11.3 Å². The molecule has 0 unspecified atom stereocenters. The van der Waals surface area contributed by atoms with Crippen molar-refractivity contribution in [3.8, 4) is 47.0 Å². The van der Waals surface area contributed by atoms with Crippen molar-refractivity contribution >= 4 is 65.0 Å². The second-order valence-corrected chi connectivity index (χ2v) is 20.1. The molecule has 0 atom stereocenters. The van der Waals surface area contributed by atoms with Crippen molar-refractivity contribution in [2.75, 3.05) is 0 Å². The Balaban J connectivity index is 0.000000198. The molecule has 6 aromatic heterocycles. The molecule has 0 bridgehead atoms. The molecule has 0 aliphatic carbocycles. The highest BCUT2D eigenvalue weighted by molar-refractivity contribution is 14.1. The summed E-state index contributed by atoms with van der Waals surface area (Å²) in [6.45, 7) is 10.1. The number of hydrogen-bond donors (Lipinski definition) is 4. The summed E-state index contributed by atoms with van der Waals surface area (Å²) in [7, 11) is -7.27. The molecule has 8 rings (SSSR count). The molecule has 0 radical (unpaired) electrons. The summed E-state index contributed by atoms with van der Waals surface area (Å²) in [6.07, 6.45) is 14.9. The Bertz CT molecular complexity index is 3790. The van der Waals surface area contributed by atoms with E-state index in [1.807, 2.05) is 27.7 Å². The monoisotopic (exact) mass is 1120 g/mol. The van der Waals surface area contributed by atoms with E-state index in [1.54, 1.807) is 63.0 Å². The Morgan fingerprint density at radius 1 is 0.606 bits per heavy atom. The number of aromatic nitrogens is 12. The third kappa shape index (κ3) is 12.6. The number of imidazole rings is 2. The first kappa shape index (κ1) is 53.2. The van der Waals surface area contributed by atoms with Crippen LogP contribution in [0.15, 0.2) is 102 Å². The van der Waals surface area contributed by atoms with Crippen LogP contribution < -0.4 is 32.8 Å². The number of sulfonamides is 2. The summed E-state index contributed by atoms with van der Waals surface area (Å²) < 4.78 is 53.9. The van der Waals surface area contributed by atoms with Crippen LogP contribution in [0.3, 0.4) is 0 Å². The van der Waals surface area contributed by atoms with Crippen molar-refractivity contribution in [2.45, 2.75) is 102 Å². The molecule has 372 valence electrons. The molecule has 0 saturated carbocycles. The van der Waals surface area contributed by atoms with Crippen LogP contribution in [0.1, 0.15) is 58.9 Å². The summed E-state index contributed by atoms with van der Waals surface area (Å²) in [5, 5.41) is 18.4. The van der Waals surface area contributed by atoms with Gasteiger partial charge in [0.25, 0.3) is 11.1 Å². The lowest BCUT2D eigenvalue weighted by molar-refractivity contribution is 0.555. The average Bonchev–Trinajstić information content (AvgIpc) is 4.17. The fourth-order valence-electron chi connectivity index (χ4n) is 7.11. The molecule has 2 aromatic carbocycles. The van der Waals surface area contributed by atoms with Crippen LogP contribution in [0.5, 0.6) is 0 Å². The number of primary sulfonamides is 2. The smallest absolute Gasteiger partial charge is 0.332 e. The largest absolute Gasteiger partial charge is 0.332 e. The molecule has 0 saturated heterocycles. The molecule has 6 heterocycles. The molecule has 6 N–H and O–H groups in total. The molecule has 0 spiro atoms. The van der Waals surface area contributed by atoms with Crippen LogP contribution >= 0.6 is 22.6 Å². The SMILES string of the molecule is C#CCn1cc(-c2nc3c([nH]2)c(=O)n(CCC)c(=O)n3CCC)cn1.CCCn1c(=O)c2[nH]c(-c3cnn(CC#Cc4ccc(S(N)(=O)=O)cc4)c3)nc2n(CCC)c1=O.NS(=O)(=O)c1ccc(I)cc1. The Labute approximate surface area is 421 Å². The maximum Gasteiger partial charge on any atom is 0.332 e. The molecule has 71 heavy (non-hydrogen) atoms. The van der Waals surface area contributed by atoms with Gasteiger partial charge in [-0.05, 0) is 96.8 Å². The van der Waals surface area contributed by atoms with E-state index in [0.29, 0.717) is 90.7 Å². The number of terminal acetylenes is 1. The summed E-state index contributed by atoms with van der Waals surface area (Å²) in [5.41, 5.74) is 1.94. The van der Waals surface area contributed by atoms with Crippen LogP contribution in [0.25, 0.3) is 45.1 Å². The molecular formula is C46H51IN14O8S2. The van der Waals surface area contributed by atoms with E-state index in [2.05, 4.69) is 70.5 Å². The second kappa shape index (κ2) is 23.2. The molecule has 0 fully saturated rings. The Morgan fingerprint density at radius 2 is 1.00 bits per heavy atom. The number of fused-ring (bicyclic) bond motifs is 2. The summed E-state index contributed by atoms with van der Waals surface area (Å²) in [4.78, 5) is 66.4. The number of hydrogen-bond acceptors (Lipinski definition) is 12. The highest BCUT2D eigenvalue weighted by Gasteiger charge is 2.20. The zero-order chi connectivity index (χ0) is 51.6. The van der Waals surface area contributed by atoms with Gasteiger partial charge in [-0.3, -0.25) is 37.2 Å². The molecule has 8 aromatic rings. The zero-order valence-electron chi connectivity index (χ0n) is 39.2. The van der Waals surface area contributed by atoms with Crippen molar-refractivity contribution < 1.29 is 16.8 Å². The van der Waals surface area contributed by atoms with Crippen molar-refractivity contribution in [2.24, 2.45) is 10.3 Å². The zero-order valence-corrected chi connectivity index (χ0v) is 43.0. The first-order valence-corrected chi connectivity index (χ1v) is 26.4. The minimum Gasteiger partial charge on any atom is -0.332 e. The minimum absolute atomic E-state index is 0.0245. The quantitative estimate of drug-likeness (QED) is 0.0900. The normalized spacial score (nSPS) is 11.4. The predicted octanol–water partition coefficient (Wildman–Crippen LogP) is 3.41. The summed E-state index contributed by atoms with van der Waals surface area (Å²) >= 11 is 2.09. The topological polar surface area (TPSA) is 301 Å². The first-order chi connectivity index (χ1) is 33.8. The number of aryl methyl sites for hydroxylation is 2. The lowest BCUT2D eigenvalue weighted by Crippen LogP contribution is -2.40. The van der Waals surface area contributed by atoms with Gasteiger partial charge in [0.2, 0.25) is 20.0 Å². The summed E-state index contributed by atoms with van der Waals surface area (Å²) in [5.74, 6) is 9.36. The molecule has 0 amide bonds. The highest BCUT2D eigenvalue weighted by atomic mass is 127. The third-order valence-electron chi connectivity index (χ3n) is 10.4. The number of halogens is 1. The number of nitrogens with one attached hydrogen (secondary N) is 2. The Kier molecular flexibility index (Phi) is 17.4. The van der Waals surface area contributed by atoms with Gasteiger partial charge >= 0.3 is 11.4 Å². The van der Waals surface area contributed by atoms with E-state index in [-0.39, 0.29) is 44.4 Å². The molecule has 22 nitrogen and oxygen atoms in total. The molecule has 0 aliphatic heterocycles. The standard InChI is InChI=1S/C23H25N7O4S.C17H20N6O2.C6H6INO2S/c1-3-11-29-21-19(22(31)30(12-4-2)23(29)32)26-20(27-21)17-14-25-28(15-17)13-5-6-16-7-9-18(10-8-16)35(24,33)34;1-4-7-21-11-12(10-18-21)14-19-13-15(20-14)22(8-5-2)17(25)23(9-6-3)16(13)24;7-5-1-3-6(4-2-5)11(8,9)10/h7-10,14-15H,3-4,11-13H2,1-2H3,(H,26,27)(H2,24,33,34);1,10-11H,5-9H2,2-3H3,(H,19,20);1-4H,(H2,8,9,10). The Hall–Kier alpha value is -7.17. The maximum atomic E-state index is 12.9. The van der Waals surface area contributed by atoms with Crippen molar-refractivity contribution in [3.63, 3.8) is 0 Å². The van der Waals surface area contributed by atoms with Gasteiger partial charge in [0, 0.05) is 47.7 Å². The van der Waals surface area contributed by atoms with E-state index in [9.17, 15) is 36.0 Å². The number of rotatable bonds is 14. The van der Waals surface area contributed by atoms with Crippen LogP contribution in [0.4, 0.5) is 0 Å². The fourth-order valence-corrected chi connectivity index (χ4v) is 8.50. The minimum atomic E-state index is -3.74. The van der Waals surface area contributed by atoms with Crippen molar-refractivity contribution in [1.29, 1.82) is 0 Å². The predicted molar refractivity (Wildman–Crippen MR) is 277 cm³/mol. The number of nitrogens with two attached hydrogens (primary N) is 2. The maximum absolute atomic E-state index is 12.9. The summed E-state index contributed by atoms with van der Waals surface area (Å²) in [6, 6.07) is 12.3. The average molecular weight is 1120 g/mol. The number of H-pyrrole nitrogens is 2. The van der Waals surface area contributed by atoms with Gasteiger partial charge in [-0.2, -0.15) is 10.2 Å². The Morgan fingerprint density at radius 3 is 1.39 bits per heavy atom. The van der Waals surface area contributed by atoms with Crippen LogP contribution in [0, 0.1) is 27.8 Å². The van der Waals surface area contributed by atoms with Crippen LogP contribution in [0.2, 0.25) is 0 Å². The van der Waals surface area contributed by atoms with Gasteiger partial charge in [-0.25, -0.2) is 46.7 Å². The van der Waals surface area contributed by atoms with Crippen LogP contribution in [-0.4, -0.2) is 74.6 Å². The molecule has 25 heteroatoms. The lowest BCUT2D eigenvalue weighted by atomic mass is 10.2. The second-order valence-electron chi connectivity index (χ2n) is 15.8. The third-order valence-corrected chi connectivity index (χ3v) is 13.0. The molecule has 0 aliphatic rings. The van der Waals surface area contributed by atoms with E-state index in [1.165, 1.54) is 38.0 Å². The number of aromatic amines is 2. The fraction of sp³-hybridized carbons (Fsp3) is 0.304. The van der Waals surface area contributed by atoms with Crippen LogP contribution in [-0.2, 0) is 59.3 Å². The molecular weight excluding hydrogens is 1070 g/mol. The van der Waals surface area contributed by atoms with Crippen molar-refractivity contribution in [3.05, 3.63) is 124 Å². The number of benzene rings is 2. The van der Waals surface area contributed by atoms with Gasteiger partial charge in [0.05, 0.1) is 33.3 Å². The first-order valence-electron chi connectivity index (χ1n) is 22.2. The van der Waals surface area contributed by atoms with E-state index >= 15 is 0 Å². The number of nitrogens with zero attached hydrogens (tertiary/aromatic N) is 10. The van der Waals surface area contributed by atoms with Gasteiger partial charge in [-0.15, -0.1) is 6.42 Å². The van der Waals surface area contributed by atoms with Crippen molar-refractivity contribution in [1.82, 2.24) is 57.8 Å². The van der Waals surface area contributed by atoms with Gasteiger partial charge in [-0.1, -0.05) is 45.5 Å². The highest BCUT2D eigenvalue weighted by Crippen LogP contribution is 2.20. The van der Waals surface area contributed by atoms with Gasteiger partial charge in [0.1, 0.15) is 35.8 Å². The lowest BCUT2D eigenvalue weighted by Gasteiger charge is -2.09.